The minimum atomic E-state index is -2.78. The van der Waals surface area contributed by atoms with Gasteiger partial charge in [-0.1, -0.05) is 32.9 Å². The van der Waals surface area contributed by atoms with Gasteiger partial charge in [0, 0.05) is 13.1 Å². The maximum absolute atomic E-state index is 12.1. The smallest absolute Gasteiger partial charge is 0.387 e. The van der Waals surface area contributed by atoms with Gasteiger partial charge in [0.05, 0.1) is 0 Å². The molecular formula is C16H26F2N2O. The zero-order valence-electron chi connectivity index (χ0n) is 13.1. The third-order valence-electron chi connectivity index (χ3n) is 3.30. The van der Waals surface area contributed by atoms with Gasteiger partial charge in [-0.2, -0.15) is 8.78 Å². The quantitative estimate of drug-likeness (QED) is 0.759. The Balaban J connectivity index is 2.66. The first-order chi connectivity index (χ1) is 9.86. The molecule has 3 nitrogen and oxygen atoms in total. The van der Waals surface area contributed by atoms with E-state index in [9.17, 15) is 8.78 Å². The topological polar surface area (TPSA) is 38.5 Å². The van der Waals surface area contributed by atoms with E-state index in [0.717, 1.165) is 31.6 Å². The highest BCUT2D eigenvalue weighted by molar-refractivity contribution is 5.27. The van der Waals surface area contributed by atoms with Crippen molar-refractivity contribution in [1.29, 1.82) is 0 Å². The Kier molecular flexibility index (Phi) is 7.05. The monoisotopic (exact) mass is 300 g/mol. The van der Waals surface area contributed by atoms with Crippen LogP contribution >= 0.6 is 0 Å². The maximum atomic E-state index is 12.1. The van der Waals surface area contributed by atoms with E-state index in [2.05, 4.69) is 30.4 Å². The van der Waals surface area contributed by atoms with Crippen molar-refractivity contribution in [3.63, 3.8) is 0 Å². The van der Waals surface area contributed by atoms with Crippen molar-refractivity contribution in [2.75, 3.05) is 19.6 Å². The number of benzene rings is 1. The molecule has 0 atom stereocenters. The molecule has 5 heteroatoms. The lowest BCUT2D eigenvalue weighted by molar-refractivity contribution is -0.0498. The fourth-order valence-corrected chi connectivity index (χ4v) is 2.23. The van der Waals surface area contributed by atoms with Crippen molar-refractivity contribution in [1.82, 2.24) is 4.90 Å². The highest BCUT2D eigenvalue weighted by Crippen LogP contribution is 2.19. The Morgan fingerprint density at radius 1 is 1.24 bits per heavy atom. The summed E-state index contributed by atoms with van der Waals surface area (Å²) in [6, 6.07) is 6.82. The van der Waals surface area contributed by atoms with Crippen LogP contribution in [-0.2, 0) is 6.54 Å². The molecule has 0 heterocycles. The number of alkyl halides is 2. The standard InChI is InChI=1S/C16H26F2N2O/c1-4-9-20(12-16(2,3)11-19)10-13-5-7-14(8-6-13)21-15(17)18/h5-8,15H,4,9-12,19H2,1-3H3. The second-order valence-corrected chi connectivity index (χ2v) is 6.10. The zero-order valence-corrected chi connectivity index (χ0v) is 13.1. The Morgan fingerprint density at radius 3 is 2.33 bits per heavy atom. The lowest BCUT2D eigenvalue weighted by atomic mass is 9.93. The molecule has 1 rings (SSSR count). The summed E-state index contributed by atoms with van der Waals surface area (Å²) in [4.78, 5) is 2.34. The molecule has 0 bridgehead atoms. The second kappa shape index (κ2) is 8.29. The van der Waals surface area contributed by atoms with Crippen molar-refractivity contribution in [3.05, 3.63) is 29.8 Å². The minimum absolute atomic E-state index is 0.0634. The SMILES string of the molecule is CCCN(Cc1ccc(OC(F)F)cc1)CC(C)(C)CN. The van der Waals surface area contributed by atoms with E-state index in [-0.39, 0.29) is 11.2 Å². The molecule has 0 saturated carbocycles. The summed E-state index contributed by atoms with van der Waals surface area (Å²) >= 11 is 0. The summed E-state index contributed by atoms with van der Waals surface area (Å²) in [5, 5.41) is 0. The van der Waals surface area contributed by atoms with E-state index < -0.39 is 6.61 Å². The number of ether oxygens (including phenoxy) is 1. The number of nitrogens with zero attached hydrogens (tertiary/aromatic N) is 1. The average molecular weight is 300 g/mol. The summed E-state index contributed by atoms with van der Waals surface area (Å²) in [6.07, 6.45) is 1.06. The second-order valence-electron chi connectivity index (χ2n) is 6.10. The Hall–Kier alpha value is -1.20. The molecule has 0 aliphatic carbocycles. The van der Waals surface area contributed by atoms with E-state index in [0.29, 0.717) is 6.54 Å². The molecule has 1 aromatic rings. The third-order valence-corrected chi connectivity index (χ3v) is 3.30. The van der Waals surface area contributed by atoms with Gasteiger partial charge in [0.15, 0.2) is 0 Å². The molecule has 1 aromatic carbocycles. The van der Waals surface area contributed by atoms with Crippen LogP contribution in [0.4, 0.5) is 8.78 Å². The number of rotatable bonds is 9. The van der Waals surface area contributed by atoms with Gasteiger partial charge >= 0.3 is 6.61 Å². The van der Waals surface area contributed by atoms with Gasteiger partial charge in [-0.05, 0) is 42.6 Å². The highest BCUT2D eigenvalue weighted by Gasteiger charge is 2.20. The maximum Gasteiger partial charge on any atom is 0.387 e. The van der Waals surface area contributed by atoms with E-state index in [1.807, 2.05) is 12.1 Å². The Morgan fingerprint density at radius 2 is 1.86 bits per heavy atom. The molecule has 0 aliphatic heterocycles. The molecule has 0 saturated heterocycles. The number of halogens is 2. The molecule has 2 N–H and O–H groups in total. The first-order valence-corrected chi connectivity index (χ1v) is 7.32. The average Bonchev–Trinajstić information content (AvgIpc) is 2.40. The molecule has 0 aromatic heterocycles. The molecule has 0 aliphatic rings. The van der Waals surface area contributed by atoms with Gasteiger partial charge < -0.3 is 10.5 Å². The lowest BCUT2D eigenvalue weighted by Gasteiger charge is -2.31. The van der Waals surface area contributed by atoms with Crippen molar-refractivity contribution < 1.29 is 13.5 Å². The highest BCUT2D eigenvalue weighted by atomic mass is 19.3. The van der Waals surface area contributed by atoms with Gasteiger partial charge in [-0.3, -0.25) is 4.90 Å². The molecule has 0 spiro atoms. The molecular weight excluding hydrogens is 274 g/mol. The summed E-state index contributed by atoms with van der Waals surface area (Å²) in [6.45, 7) is 6.97. The molecule has 0 radical (unpaired) electrons. The number of hydrogen-bond acceptors (Lipinski definition) is 3. The first kappa shape index (κ1) is 17.9. The molecule has 21 heavy (non-hydrogen) atoms. The Bertz CT molecular complexity index is 407. The minimum Gasteiger partial charge on any atom is -0.435 e. The largest absolute Gasteiger partial charge is 0.435 e. The lowest BCUT2D eigenvalue weighted by Crippen LogP contribution is -2.38. The summed E-state index contributed by atoms with van der Waals surface area (Å²) < 4.78 is 28.6. The number of nitrogens with two attached hydrogens (primary N) is 1. The predicted octanol–water partition coefficient (Wildman–Crippen LogP) is 3.48. The van der Waals surface area contributed by atoms with E-state index in [4.69, 9.17) is 5.73 Å². The fourth-order valence-electron chi connectivity index (χ4n) is 2.23. The van der Waals surface area contributed by atoms with Crippen LogP contribution in [0.15, 0.2) is 24.3 Å². The molecule has 120 valence electrons. The van der Waals surface area contributed by atoms with Gasteiger partial charge in [-0.25, -0.2) is 0 Å². The van der Waals surface area contributed by atoms with Crippen LogP contribution in [0, 0.1) is 5.41 Å². The van der Waals surface area contributed by atoms with Crippen molar-refractivity contribution in [2.24, 2.45) is 11.1 Å². The van der Waals surface area contributed by atoms with Gasteiger partial charge in [0.25, 0.3) is 0 Å². The molecule has 0 amide bonds. The normalized spacial score (nSPS) is 12.2. The fraction of sp³-hybridized carbons (Fsp3) is 0.625. The van der Waals surface area contributed by atoms with Crippen LogP contribution in [0.2, 0.25) is 0 Å². The summed E-state index contributed by atoms with van der Waals surface area (Å²) in [5.74, 6) is 0.193. The molecule has 0 unspecified atom stereocenters. The van der Waals surface area contributed by atoms with Crippen LogP contribution in [0.25, 0.3) is 0 Å². The molecule has 0 fully saturated rings. The van der Waals surface area contributed by atoms with Crippen molar-refractivity contribution >= 4 is 0 Å². The van der Waals surface area contributed by atoms with E-state index >= 15 is 0 Å². The third kappa shape index (κ3) is 6.87. The van der Waals surface area contributed by atoms with E-state index in [1.165, 1.54) is 0 Å². The van der Waals surface area contributed by atoms with Crippen LogP contribution in [0.1, 0.15) is 32.8 Å². The summed E-state index contributed by atoms with van der Waals surface area (Å²) in [7, 11) is 0. The van der Waals surface area contributed by atoms with Crippen LogP contribution in [0.5, 0.6) is 5.75 Å². The van der Waals surface area contributed by atoms with Crippen molar-refractivity contribution in [2.45, 2.75) is 40.3 Å². The van der Waals surface area contributed by atoms with Crippen LogP contribution < -0.4 is 10.5 Å². The van der Waals surface area contributed by atoms with Gasteiger partial charge in [0.1, 0.15) is 5.75 Å². The zero-order chi connectivity index (χ0) is 15.9. The Labute approximate surface area is 126 Å². The summed E-state index contributed by atoms with van der Waals surface area (Å²) in [5.41, 5.74) is 6.94. The van der Waals surface area contributed by atoms with Crippen molar-refractivity contribution in [3.8, 4) is 5.75 Å². The van der Waals surface area contributed by atoms with Crippen LogP contribution in [-0.4, -0.2) is 31.1 Å². The van der Waals surface area contributed by atoms with Gasteiger partial charge in [-0.15, -0.1) is 0 Å². The van der Waals surface area contributed by atoms with Crippen LogP contribution in [0.3, 0.4) is 0 Å². The first-order valence-electron chi connectivity index (χ1n) is 7.32. The predicted molar refractivity (Wildman–Crippen MR) is 81.5 cm³/mol. The van der Waals surface area contributed by atoms with E-state index in [1.54, 1.807) is 12.1 Å². The van der Waals surface area contributed by atoms with Gasteiger partial charge in [0.2, 0.25) is 0 Å². The number of hydrogen-bond donors (Lipinski definition) is 1.